The minimum absolute atomic E-state index is 0.0585. The van der Waals surface area contributed by atoms with Crippen LogP contribution >= 0.6 is 0 Å². The summed E-state index contributed by atoms with van der Waals surface area (Å²) in [5, 5.41) is 0. The second-order valence-electron chi connectivity index (χ2n) is 6.27. The third-order valence-electron chi connectivity index (χ3n) is 5.06. The van der Waals surface area contributed by atoms with E-state index in [9.17, 15) is 4.79 Å². The van der Waals surface area contributed by atoms with Gasteiger partial charge in [0.15, 0.2) is 5.75 Å². The molecule has 1 aromatic carbocycles. The fourth-order valence-electron chi connectivity index (χ4n) is 3.91. The van der Waals surface area contributed by atoms with Gasteiger partial charge in [0.1, 0.15) is 0 Å². The van der Waals surface area contributed by atoms with Crippen LogP contribution in [0.15, 0.2) is 18.2 Å². The van der Waals surface area contributed by atoms with Crippen LogP contribution in [0.25, 0.3) is 0 Å². The third kappa shape index (κ3) is 2.71. The van der Waals surface area contributed by atoms with E-state index in [1.54, 1.807) is 13.2 Å². The van der Waals surface area contributed by atoms with Gasteiger partial charge in [0.2, 0.25) is 0 Å². The number of likely N-dealkylation sites (tertiary alicyclic amines) is 1. The SMILES string of the molecule is COc1c(N)cccc1C(=O)N1CCC2CCCCC2C1. The molecule has 2 unspecified atom stereocenters. The molecular formula is C17H24N2O2. The van der Waals surface area contributed by atoms with Crippen LogP contribution in [0, 0.1) is 11.8 Å². The highest BCUT2D eigenvalue weighted by Crippen LogP contribution is 2.37. The van der Waals surface area contributed by atoms with Crippen molar-refractivity contribution in [2.45, 2.75) is 32.1 Å². The molecule has 2 fully saturated rings. The van der Waals surface area contributed by atoms with Crippen LogP contribution in [0.4, 0.5) is 5.69 Å². The zero-order valence-corrected chi connectivity index (χ0v) is 12.7. The lowest BCUT2D eigenvalue weighted by atomic mass is 9.75. The van der Waals surface area contributed by atoms with E-state index in [2.05, 4.69) is 0 Å². The number of para-hydroxylation sites is 1. The smallest absolute Gasteiger partial charge is 0.257 e. The van der Waals surface area contributed by atoms with Gasteiger partial charge in [-0.1, -0.05) is 25.3 Å². The van der Waals surface area contributed by atoms with Crippen molar-refractivity contribution in [1.29, 1.82) is 0 Å². The molecule has 0 spiro atoms. The third-order valence-corrected chi connectivity index (χ3v) is 5.06. The number of carbonyl (C=O) groups excluding carboxylic acids is 1. The number of hydrogen-bond donors (Lipinski definition) is 1. The van der Waals surface area contributed by atoms with Gasteiger partial charge in [0.05, 0.1) is 18.4 Å². The van der Waals surface area contributed by atoms with E-state index >= 15 is 0 Å². The zero-order valence-electron chi connectivity index (χ0n) is 12.7. The van der Waals surface area contributed by atoms with E-state index < -0.39 is 0 Å². The number of ether oxygens (including phenoxy) is 1. The molecule has 2 N–H and O–H groups in total. The summed E-state index contributed by atoms with van der Waals surface area (Å²) in [4.78, 5) is 14.8. The number of carbonyl (C=O) groups is 1. The average molecular weight is 288 g/mol. The van der Waals surface area contributed by atoms with Crippen molar-refractivity contribution in [2.24, 2.45) is 11.8 Å². The molecule has 21 heavy (non-hydrogen) atoms. The van der Waals surface area contributed by atoms with E-state index in [1.165, 1.54) is 25.7 Å². The molecule has 114 valence electrons. The van der Waals surface area contributed by atoms with Gasteiger partial charge < -0.3 is 15.4 Å². The quantitative estimate of drug-likeness (QED) is 0.851. The van der Waals surface area contributed by atoms with Crippen molar-refractivity contribution in [3.63, 3.8) is 0 Å². The lowest BCUT2D eigenvalue weighted by molar-refractivity contribution is 0.0518. The summed E-state index contributed by atoms with van der Waals surface area (Å²) in [6, 6.07) is 5.39. The summed E-state index contributed by atoms with van der Waals surface area (Å²) < 4.78 is 5.32. The first-order valence-electron chi connectivity index (χ1n) is 7.92. The van der Waals surface area contributed by atoms with Gasteiger partial charge in [-0.3, -0.25) is 4.79 Å². The molecule has 3 rings (SSSR count). The molecule has 1 saturated heterocycles. The van der Waals surface area contributed by atoms with E-state index in [1.807, 2.05) is 17.0 Å². The largest absolute Gasteiger partial charge is 0.494 e. The van der Waals surface area contributed by atoms with Gasteiger partial charge in [-0.05, 0) is 36.8 Å². The number of fused-ring (bicyclic) bond motifs is 1. The maximum Gasteiger partial charge on any atom is 0.257 e. The molecule has 0 radical (unpaired) electrons. The van der Waals surface area contributed by atoms with E-state index in [-0.39, 0.29) is 5.91 Å². The van der Waals surface area contributed by atoms with Crippen LogP contribution in [-0.2, 0) is 0 Å². The number of rotatable bonds is 2. The second-order valence-corrected chi connectivity index (χ2v) is 6.27. The zero-order chi connectivity index (χ0) is 14.8. The number of amides is 1. The maximum absolute atomic E-state index is 12.8. The molecule has 1 aliphatic carbocycles. The molecule has 1 aliphatic heterocycles. The topological polar surface area (TPSA) is 55.6 Å². The standard InChI is InChI=1S/C17H24N2O2/c1-21-16-14(7-4-8-15(16)18)17(20)19-10-9-12-5-2-3-6-13(12)11-19/h4,7-8,12-13H,2-3,5-6,9-11,18H2,1H3. The molecule has 0 bridgehead atoms. The van der Waals surface area contributed by atoms with Crippen molar-refractivity contribution in [3.05, 3.63) is 23.8 Å². The predicted molar refractivity (Wildman–Crippen MR) is 83.4 cm³/mol. The first-order valence-corrected chi connectivity index (χ1v) is 7.92. The minimum atomic E-state index is 0.0585. The number of anilines is 1. The summed E-state index contributed by atoms with van der Waals surface area (Å²) in [7, 11) is 1.57. The molecule has 1 saturated carbocycles. The second kappa shape index (κ2) is 5.96. The molecule has 0 aromatic heterocycles. The van der Waals surface area contributed by atoms with Crippen LogP contribution in [0.2, 0.25) is 0 Å². The Morgan fingerprint density at radius 3 is 2.76 bits per heavy atom. The van der Waals surface area contributed by atoms with Gasteiger partial charge in [-0.2, -0.15) is 0 Å². The monoisotopic (exact) mass is 288 g/mol. The number of piperidine rings is 1. The highest BCUT2D eigenvalue weighted by Gasteiger charge is 2.33. The number of nitrogen functional groups attached to an aromatic ring is 1. The van der Waals surface area contributed by atoms with Crippen molar-refractivity contribution in [2.75, 3.05) is 25.9 Å². The lowest BCUT2D eigenvalue weighted by Crippen LogP contribution is -2.44. The predicted octanol–water partition coefficient (Wildman–Crippen LogP) is 2.93. The molecule has 1 amide bonds. The van der Waals surface area contributed by atoms with Crippen molar-refractivity contribution >= 4 is 11.6 Å². The van der Waals surface area contributed by atoms with Crippen LogP contribution in [0.3, 0.4) is 0 Å². The first-order chi connectivity index (χ1) is 10.2. The molecule has 4 nitrogen and oxygen atoms in total. The highest BCUT2D eigenvalue weighted by molar-refractivity contribution is 5.98. The van der Waals surface area contributed by atoms with E-state index in [4.69, 9.17) is 10.5 Å². The Labute approximate surface area is 126 Å². The van der Waals surface area contributed by atoms with Gasteiger partial charge in [-0.25, -0.2) is 0 Å². The van der Waals surface area contributed by atoms with Crippen LogP contribution < -0.4 is 10.5 Å². The Hall–Kier alpha value is -1.71. The Balaban J connectivity index is 1.78. The van der Waals surface area contributed by atoms with Crippen molar-refractivity contribution in [1.82, 2.24) is 4.90 Å². The summed E-state index contributed by atoms with van der Waals surface area (Å²) in [6.45, 7) is 1.75. The average Bonchev–Trinajstić information content (AvgIpc) is 2.53. The number of nitrogens with two attached hydrogens (primary N) is 1. The Kier molecular flexibility index (Phi) is 4.04. The van der Waals surface area contributed by atoms with Crippen LogP contribution in [0.5, 0.6) is 5.75 Å². The lowest BCUT2D eigenvalue weighted by Gasteiger charge is -2.41. The minimum Gasteiger partial charge on any atom is -0.494 e. The number of nitrogens with zero attached hydrogens (tertiary/aromatic N) is 1. The maximum atomic E-state index is 12.8. The fourth-order valence-corrected chi connectivity index (χ4v) is 3.91. The molecule has 4 heteroatoms. The van der Waals surface area contributed by atoms with Crippen LogP contribution in [-0.4, -0.2) is 31.0 Å². The Morgan fingerprint density at radius 2 is 2.00 bits per heavy atom. The molecule has 2 aliphatic rings. The summed E-state index contributed by atoms with van der Waals surface area (Å²) in [6.07, 6.45) is 6.42. The fraction of sp³-hybridized carbons (Fsp3) is 0.588. The normalized spacial score (nSPS) is 25.3. The highest BCUT2D eigenvalue weighted by atomic mass is 16.5. The number of benzene rings is 1. The van der Waals surface area contributed by atoms with E-state index in [0.29, 0.717) is 22.9 Å². The number of hydrogen-bond acceptors (Lipinski definition) is 3. The summed E-state index contributed by atoms with van der Waals surface area (Å²) >= 11 is 0. The van der Waals surface area contributed by atoms with Gasteiger partial charge >= 0.3 is 0 Å². The molecular weight excluding hydrogens is 264 g/mol. The Morgan fingerprint density at radius 1 is 1.24 bits per heavy atom. The van der Waals surface area contributed by atoms with Gasteiger partial charge in [0.25, 0.3) is 5.91 Å². The first kappa shape index (κ1) is 14.2. The molecule has 2 atom stereocenters. The Bertz CT molecular complexity index is 530. The number of methoxy groups -OCH3 is 1. The van der Waals surface area contributed by atoms with Gasteiger partial charge in [0, 0.05) is 13.1 Å². The van der Waals surface area contributed by atoms with Crippen molar-refractivity contribution < 1.29 is 9.53 Å². The van der Waals surface area contributed by atoms with E-state index in [0.717, 1.165) is 25.4 Å². The van der Waals surface area contributed by atoms with Gasteiger partial charge in [-0.15, -0.1) is 0 Å². The summed E-state index contributed by atoms with van der Waals surface area (Å²) in [5.74, 6) is 2.07. The van der Waals surface area contributed by atoms with Crippen molar-refractivity contribution in [3.8, 4) is 5.75 Å². The van der Waals surface area contributed by atoms with Crippen LogP contribution in [0.1, 0.15) is 42.5 Å². The molecule has 1 aromatic rings. The molecule has 1 heterocycles. The summed E-state index contributed by atoms with van der Waals surface area (Å²) in [5.41, 5.74) is 7.02.